The van der Waals surface area contributed by atoms with E-state index in [4.69, 9.17) is 12.2 Å². The van der Waals surface area contributed by atoms with Gasteiger partial charge in [0.05, 0.1) is 5.52 Å². The summed E-state index contributed by atoms with van der Waals surface area (Å²) in [4.78, 5) is 27.5. The zero-order valence-electron chi connectivity index (χ0n) is 12.3. The highest BCUT2D eigenvalue weighted by molar-refractivity contribution is 7.71. The average molecular weight is 337 g/mol. The van der Waals surface area contributed by atoms with Gasteiger partial charge in [-0.05, 0) is 36.5 Å². The number of fused-ring (bicyclic) bond motifs is 1. The molecule has 2 heterocycles. The number of rotatable bonds is 4. The number of carbonyl (C=O) groups is 1. The van der Waals surface area contributed by atoms with Gasteiger partial charge in [-0.3, -0.25) is 14.2 Å². The fraction of sp³-hybridized carbons (Fsp3) is 0.533. The Labute approximate surface area is 137 Å². The maximum absolute atomic E-state index is 12.4. The normalized spacial score (nSPS) is 16.0. The van der Waals surface area contributed by atoms with Crippen molar-refractivity contribution in [3.8, 4) is 0 Å². The zero-order chi connectivity index (χ0) is 15.5. The molecular formula is C15H19N3O2S2. The van der Waals surface area contributed by atoms with Crippen molar-refractivity contribution < 1.29 is 4.79 Å². The number of nitrogens with zero attached hydrogens (tertiary/aromatic N) is 1. The molecular weight excluding hydrogens is 318 g/mol. The summed E-state index contributed by atoms with van der Waals surface area (Å²) in [5.41, 5.74) is 0.655. The first-order chi connectivity index (χ1) is 10.6. The molecule has 3 rings (SSSR count). The van der Waals surface area contributed by atoms with Crippen LogP contribution in [0.4, 0.5) is 0 Å². The standard InChI is InChI=1S/C15H19N3O2S2/c19-12(16-10-4-2-1-3-5-10)6-8-18-14(20)13-11(7-9-22-13)17-15(18)21/h7,9-10H,1-6,8H2,(H,16,19)(H,17,21). The van der Waals surface area contributed by atoms with Gasteiger partial charge in [-0.2, -0.15) is 0 Å². The predicted molar refractivity (Wildman–Crippen MR) is 90.9 cm³/mol. The van der Waals surface area contributed by atoms with Gasteiger partial charge in [-0.25, -0.2) is 0 Å². The smallest absolute Gasteiger partial charge is 0.272 e. The highest BCUT2D eigenvalue weighted by atomic mass is 32.1. The van der Waals surface area contributed by atoms with Crippen LogP contribution in [0.5, 0.6) is 0 Å². The monoisotopic (exact) mass is 337 g/mol. The van der Waals surface area contributed by atoms with Crippen LogP contribution in [0.1, 0.15) is 38.5 Å². The number of aromatic nitrogens is 2. The number of nitrogens with one attached hydrogen (secondary N) is 2. The van der Waals surface area contributed by atoms with E-state index in [2.05, 4.69) is 10.3 Å². The number of thiophene rings is 1. The fourth-order valence-electron chi connectivity index (χ4n) is 2.93. The maximum atomic E-state index is 12.4. The molecule has 1 aliphatic carbocycles. The van der Waals surface area contributed by atoms with E-state index in [0.29, 0.717) is 22.1 Å². The van der Waals surface area contributed by atoms with Gasteiger partial charge >= 0.3 is 0 Å². The quantitative estimate of drug-likeness (QED) is 0.843. The first kappa shape index (κ1) is 15.4. The maximum Gasteiger partial charge on any atom is 0.272 e. The topological polar surface area (TPSA) is 66.9 Å². The molecule has 1 saturated carbocycles. The molecule has 0 bridgehead atoms. The largest absolute Gasteiger partial charge is 0.353 e. The molecule has 1 aliphatic rings. The third-order valence-corrected chi connectivity index (χ3v) is 5.35. The molecule has 0 atom stereocenters. The Morgan fingerprint density at radius 1 is 1.41 bits per heavy atom. The van der Waals surface area contributed by atoms with E-state index < -0.39 is 0 Å². The number of H-pyrrole nitrogens is 1. The molecule has 5 nitrogen and oxygen atoms in total. The number of aromatic amines is 1. The van der Waals surface area contributed by atoms with Crippen molar-refractivity contribution in [3.63, 3.8) is 0 Å². The van der Waals surface area contributed by atoms with Gasteiger partial charge < -0.3 is 10.3 Å². The molecule has 0 saturated heterocycles. The molecule has 2 aromatic heterocycles. The molecule has 0 aromatic carbocycles. The lowest BCUT2D eigenvalue weighted by atomic mass is 9.95. The summed E-state index contributed by atoms with van der Waals surface area (Å²) < 4.78 is 2.51. The predicted octanol–water partition coefficient (Wildman–Crippen LogP) is 2.96. The highest BCUT2D eigenvalue weighted by Gasteiger charge is 2.16. The lowest BCUT2D eigenvalue weighted by Crippen LogP contribution is -2.37. The van der Waals surface area contributed by atoms with Gasteiger partial charge in [0.25, 0.3) is 5.56 Å². The van der Waals surface area contributed by atoms with Crippen LogP contribution < -0.4 is 10.9 Å². The highest BCUT2D eigenvalue weighted by Crippen LogP contribution is 2.17. The van der Waals surface area contributed by atoms with Gasteiger partial charge in [0, 0.05) is 19.0 Å². The van der Waals surface area contributed by atoms with E-state index in [9.17, 15) is 9.59 Å². The molecule has 0 spiro atoms. The van der Waals surface area contributed by atoms with Gasteiger partial charge in [0.2, 0.25) is 5.91 Å². The van der Waals surface area contributed by atoms with Crippen molar-refractivity contribution in [1.29, 1.82) is 0 Å². The summed E-state index contributed by atoms with van der Waals surface area (Å²) in [6, 6.07) is 2.14. The molecule has 2 N–H and O–H groups in total. The molecule has 1 amide bonds. The van der Waals surface area contributed by atoms with Crippen LogP contribution in [0.3, 0.4) is 0 Å². The summed E-state index contributed by atoms with van der Waals surface area (Å²) in [5.74, 6) is -0.000485. The first-order valence-electron chi connectivity index (χ1n) is 7.65. The van der Waals surface area contributed by atoms with Crippen LogP contribution in [-0.2, 0) is 11.3 Å². The zero-order valence-corrected chi connectivity index (χ0v) is 13.9. The van der Waals surface area contributed by atoms with Crippen LogP contribution in [0.25, 0.3) is 10.2 Å². The number of hydrogen-bond donors (Lipinski definition) is 2. The third kappa shape index (κ3) is 3.30. The minimum absolute atomic E-state index is 0.000485. The van der Waals surface area contributed by atoms with Crippen LogP contribution in [0.2, 0.25) is 0 Å². The summed E-state index contributed by atoms with van der Waals surface area (Å²) in [7, 11) is 0. The molecule has 0 unspecified atom stereocenters. The van der Waals surface area contributed by atoms with Crippen molar-refractivity contribution >= 4 is 39.7 Å². The minimum atomic E-state index is -0.112. The van der Waals surface area contributed by atoms with Crippen molar-refractivity contribution in [2.24, 2.45) is 0 Å². The van der Waals surface area contributed by atoms with Crippen molar-refractivity contribution in [1.82, 2.24) is 14.9 Å². The van der Waals surface area contributed by atoms with E-state index in [-0.39, 0.29) is 17.9 Å². The number of hydrogen-bond acceptors (Lipinski definition) is 4. The molecule has 2 aromatic rings. The van der Waals surface area contributed by atoms with Crippen molar-refractivity contribution in [2.45, 2.75) is 51.1 Å². The Bertz CT molecular complexity index is 784. The molecule has 118 valence electrons. The second kappa shape index (κ2) is 6.75. The van der Waals surface area contributed by atoms with Crippen LogP contribution >= 0.6 is 23.6 Å². The van der Waals surface area contributed by atoms with E-state index >= 15 is 0 Å². The molecule has 1 fully saturated rings. The lowest BCUT2D eigenvalue weighted by Gasteiger charge is -2.22. The second-order valence-corrected chi connectivity index (χ2v) is 7.01. The molecule has 0 aliphatic heterocycles. The molecule has 7 heteroatoms. The Kier molecular flexibility index (Phi) is 4.73. The average Bonchev–Trinajstić information content (AvgIpc) is 2.96. The Balaban J connectivity index is 1.67. The van der Waals surface area contributed by atoms with Crippen LogP contribution in [0, 0.1) is 4.77 Å². The van der Waals surface area contributed by atoms with E-state index in [1.54, 1.807) is 0 Å². The third-order valence-electron chi connectivity index (χ3n) is 4.12. The Hall–Kier alpha value is -1.47. The van der Waals surface area contributed by atoms with Gasteiger partial charge in [-0.15, -0.1) is 11.3 Å². The van der Waals surface area contributed by atoms with Gasteiger partial charge in [0.1, 0.15) is 4.70 Å². The summed E-state index contributed by atoms with van der Waals surface area (Å²) >= 11 is 6.61. The lowest BCUT2D eigenvalue weighted by molar-refractivity contribution is -0.122. The first-order valence-corrected chi connectivity index (χ1v) is 8.93. The molecule has 0 radical (unpaired) electrons. The second-order valence-electron chi connectivity index (χ2n) is 5.70. The Morgan fingerprint density at radius 3 is 2.95 bits per heavy atom. The summed E-state index contributed by atoms with van der Waals surface area (Å²) in [6.45, 7) is 0.320. The van der Waals surface area contributed by atoms with Crippen molar-refractivity contribution in [3.05, 3.63) is 26.6 Å². The van der Waals surface area contributed by atoms with Gasteiger partial charge in [0.15, 0.2) is 4.77 Å². The Morgan fingerprint density at radius 2 is 2.18 bits per heavy atom. The van der Waals surface area contributed by atoms with E-state index in [1.165, 1.54) is 35.2 Å². The molecule has 22 heavy (non-hydrogen) atoms. The summed E-state index contributed by atoms with van der Waals surface area (Å²) in [5, 5.41) is 4.92. The van der Waals surface area contributed by atoms with Crippen molar-refractivity contribution in [2.75, 3.05) is 0 Å². The number of amides is 1. The SMILES string of the molecule is O=C(CCn1c(=S)[nH]c2ccsc2c1=O)NC1CCCCC1. The van der Waals surface area contributed by atoms with E-state index in [0.717, 1.165) is 18.4 Å². The minimum Gasteiger partial charge on any atom is -0.353 e. The van der Waals surface area contributed by atoms with Crippen LogP contribution in [-0.4, -0.2) is 21.5 Å². The van der Waals surface area contributed by atoms with E-state index in [1.807, 2.05) is 11.4 Å². The van der Waals surface area contributed by atoms with Crippen LogP contribution in [0.15, 0.2) is 16.2 Å². The summed E-state index contributed by atoms with van der Waals surface area (Å²) in [6.07, 6.45) is 6.04. The number of carbonyl (C=O) groups excluding carboxylic acids is 1. The van der Waals surface area contributed by atoms with Gasteiger partial charge in [-0.1, -0.05) is 19.3 Å². The fourth-order valence-corrected chi connectivity index (χ4v) is 4.02.